The van der Waals surface area contributed by atoms with E-state index in [1.165, 1.54) is 31.2 Å². The van der Waals surface area contributed by atoms with Crippen molar-refractivity contribution in [3.8, 4) is 5.75 Å². The zero-order chi connectivity index (χ0) is 13.0. The van der Waals surface area contributed by atoms with Crippen molar-refractivity contribution in [2.75, 3.05) is 13.7 Å². The van der Waals surface area contributed by atoms with Crippen LogP contribution in [0.5, 0.6) is 5.75 Å². The van der Waals surface area contributed by atoms with Crippen molar-refractivity contribution in [2.45, 2.75) is 45.6 Å². The lowest BCUT2D eigenvalue weighted by Gasteiger charge is -2.20. The van der Waals surface area contributed by atoms with Gasteiger partial charge in [-0.15, -0.1) is 0 Å². The highest BCUT2D eigenvalue weighted by Gasteiger charge is 2.41. The number of hydrogen-bond donors (Lipinski definition) is 1. The van der Waals surface area contributed by atoms with Crippen LogP contribution < -0.4 is 10.1 Å². The Kier molecular flexibility index (Phi) is 4.28. The molecule has 1 unspecified atom stereocenters. The number of nitrogens with one attached hydrogen (secondary N) is 1. The third kappa shape index (κ3) is 3.26. The summed E-state index contributed by atoms with van der Waals surface area (Å²) in [5.41, 5.74) is 1.92. The van der Waals surface area contributed by atoms with Crippen LogP contribution in [-0.2, 0) is 0 Å². The van der Waals surface area contributed by atoms with Crippen molar-refractivity contribution >= 4 is 0 Å². The summed E-state index contributed by atoms with van der Waals surface area (Å²) in [6.07, 6.45) is 5.47. The molecule has 2 heteroatoms. The number of methoxy groups -OCH3 is 1. The van der Waals surface area contributed by atoms with E-state index in [0.29, 0.717) is 11.5 Å². The van der Waals surface area contributed by atoms with Crippen molar-refractivity contribution in [3.05, 3.63) is 29.8 Å². The molecule has 0 bridgehead atoms. The van der Waals surface area contributed by atoms with E-state index in [1.54, 1.807) is 7.11 Å². The van der Waals surface area contributed by atoms with Crippen LogP contribution in [0.4, 0.5) is 0 Å². The summed E-state index contributed by atoms with van der Waals surface area (Å²) in [7, 11) is 1.72. The molecule has 0 radical (unpaired) electrons. The predicted molar refractivity (Wildman–Crippen MR) is 76.0 cm³/mol. The molecule has 18 heavy (non-hydrogen) atoms. The first kappa shape index (κ1) is 13.4. The maximum Gasteiger partial charge on any atom is 0.119 e. The van der Waals surface area contributed by atoms with Crippen molar-refractivity contribution in [1.82, 2.24) is 5.32 Å². The Labute approximate surface area is 111 Å². The van der Waals surface area contributed by atoms with Gasteiger partial charge in [0.05, 0.1) is 7.11 Å². The monoisotopic (exact) mass is 247 g/mol. The van der Waals surface area contributed by atoms with Gasteiger partial charge < -0.3 is 10.1 Å². The first-order valence-electron chi connectivity index (χ1n) is 7.06. The molecule has 2 rings (SSSR count). The summed E-state index contributed by atoms with van der Waals surface area (Å²) < 4.78 is 5.27. The molecular formula is C16H25NO. The maximum absolute atomic E-state index is 5.27. The van der Waals surface area contributed by atoms with Gasteiger partial charge in [-0.2, -0.15) is 0 Å². The Balaban J connectivity index is 1.89. The largest absolute Gasteiger partial charge is 0.497 e. The molecule has 1 saturated carbocycles. The van der Waals surface area contributed by atoms with E-state index in [2.05, 4.69) is 37.4 Å². The SMILES string of the molecule is CCCC1(CNC(C)c2cccc(OC)c2)CC1. The molecule has 1 aliphatic carbocycles. The Morgan fingerprint density at radius 2 is 2.17 bits per heavy atom. The van der Waals surface area contributed by atoms with Gasteiger partial charge in [0.1, 0.15) is 5.75 Å². The second-order valence-corrected chi connectivity index (χ2v) is 5.63. The topological polar surface area (TPSA) is 21.3 Å². The Hall–Kier alpha value is -1.02. The molecule has 1 aromatic carbocycles. The number of ether oxygens (including phenoxy) is 1. The molecule has 1 aromatic rings. The molecule has 0 aliphatic heterocycles. The lowest BCUT2D eigenvalue weighted by Crippen LogP contribution is -2.26. The van der Waals surface area contributed by atoms with E-state index in [-0.39, 0.29) is 0 Å². The molecule has 1 N–H and O–H groups in total. The predicted octanol–water partition coefficient (Wildman–Crippen LogP) is 3.93. The van der Waals surface area contributed by atoms with Crippen LogP contribution in [0.3, 0.4) is 0 Å². The van der Waals surface area contributed by atoms with Gasteiger partial charge >= 0.3 is 0 Å². The standard InChI is InChI=1S/C16H25NO/c1-4-8-16(9-10-16)12-17-13(2)14-6-5-7-15(11-14)18-3/h5-7,11,13,17H,4,8-10,12H2,1-3H3. The van der Waals surface area contributed by atoms with Gasteiger partial charge in [-0.1, -0.05) is 25.5 Å². The fourth-order valence-electron chi connectivity index (χ4n) is 2.62. The molecular weight excluding hydrogens is 222 g/mol. The van der Waals surface area contributed by atoms with Gasteiger partial charge in [0.25, 0.3) is 0 Å². The Bertz CT molecular complexity index is 384. The lowest BCUT2D eigenvalue weighted by atomic mass is 9.99. The van der Waals surface area contributed by atoms with Crippen LogP contribution in [0.1, 0.15) is 51.1 Å². The highest BCUT2D eigenvalue weighted by atomic mass is 16.5. The molecule has 1 atom stereocenters. The molecule has 0 aromatic heterocycles. The average molecular weight is 247 g/mol. The summed E-state index contributed by atoms with van der Waals surface area (Å²) in [6, 6.07) is 8.74. The summed E-state index contributed by atoms with van der Waals surface area (Å²) in [5, 5.41) is 3.68. The van der Waals surface area contributed by atoms with Gasteiger partial charge in [-0.05, 0) is 49.3 Å². The van der Waals surface area contributed by atoms with Crippen molar-refractivity contribution in [3.63, 3.8) is 0 Å². The van der Waals surface area contributed by atoms with Gasteiger partial charge in [0.15, 0.2) is 0 Å². The van der Waals surface area contributed by atoms with Crippen LogP contribution in [0.15, 0.2) is 24.3 Å². The molecule has 2 nitrogen and oxygen atoms in total. The second kappa shape index (κ2) is 5.75. The minimum atomic E-state index is 0.398. The zero-order valence-electron chi connectivity index (χ0n) is 11.8. The zero-order valence-corrected chi connectivity index (χ0v) is 11.8. The van der Waals surface area contributed by atoms with E-state index in [9.17, 15) is 0 Å². The van der Waals surface area contributed by atoms with E-state index >= 15 is 0 Å². The fraction of sp³-hybridized carbons (Fsp3) is 0.625. The van der Waals surface area contributed by atoms with E-state index in [1.807, 2.05) is 6.07 Å². The van der Waals surface area contributed by atoms with Crippen molar-refractivity contribution in [2.24, 2.45) is 5.41 Å². The lowest BCUT2D eigenvalue weighted by molar-refractivity contribution is 0.394. The van der Waals surface area contributed by atoms with Crippen LogP contribution in [0, 0.1) is 5.41 Å². The van der Waals surface area contributed by atoms with Crippen LogP contribution in [-0.4, -0.2) is 13.7 Å². The molecule has 100 valence electrons. The van der Waals surface area contributed by atoms with Crippen molar-refractivity contribution in [1.29, 1.82) is 0 Å². The smallest absolute Gasteiger partial charge is 0.119 e. The van der Waals surface area contributed by atoms with Crippen LogP contribution in [0.2, 0.25) is 0 Å². The van der Waals surface area contributed by atoms with E-state index in [4.69, 9.17) is 4.74 Å². The van der Waals surface area contributed by atoms with E-state index < -0.39 is 0 Å². The first-order chi connectivity index (χ1) is 8.69. The molecule has 0 saturated heterocycles. The fourth-order valence-corrected chi connectivity index (χ4v) is 2.62. The molecule has 1 aliphatic rings. The van der Waals surface area contributed by atoms with Gasteiger partial charge in [0, 0.05) is 12.6 Å². The molecule has 0 spiro atoms. The maximum atomic E-state index is 5.27. The summed E-state index contributed by atoms with van der Waals surface area (Å²) >= 11 is 0. The second-order valence-electron chi connectivity index (χ2n) is 5.63. The molecule has 1 fully saturated rings. The van der Waals surface area contributed by atoms with E-state index in [0.717, 1.165) is 12.3 Å². The Morgan fingerprint density at radius 1 is 1.39 bits per heavy atom. The number of hydrogen-bond acceptors (Lipinski definition) is 2. The number of rotatable bonds is 7. The third-order valence-corrected chi connectivity index (χ3v) is 4.11. The molecule has 0 amide bonds. The van der Waals surface area contributed by atoms with Gasteiger partial charge in [-0.3, -0.25) is 0 Å². The normalized spacial score (nSPS) is 18.4. The first-order valence-corrected chi connectivity index (χ1v) is 7.06. The minimum Gasteiger partial charge on any atom is -0.497 e. The van der Waals surface area contributed by atoms with Crippen LogP contribution in [0.25, 0.3) is 0 Å². The third-order valence-electron chi connectivity index (χ3n) is 4.11. The van der Waals surface area contributed by atoms with Gasteiger partial charge in [0.2, 0.25) is 0 Å². The van der Waals surface area contributed by atoms with Crippen LogP contribution >= 0.6 is 0 Å². The summed E-state index contributed by atoms with van der Waals surface area (Å²) in [5.74, 6) is 0.941. The molecule has 0 heterocycles. The highest BCUT2D eigenvalue weighted by molar-refractivity contribution is 5.30. The van der Waals surface area contributed by atoms with Crippen molar-refractivity contribution < 1.29 is 4.74 Å². The minimum absolute atomic E-state index is 0.398. The quantitative estimate of drug-likeness (QED) is 0.788. The number of benzene rings is 1. The average Bonchev–Trinajstić information content (AvgIpc) is 3.17. The van der Waals surface area contributed by atoms with Gasteiger partial charge in [-0.25, -0.2) is 0 Å². The Morgan fingerprint density at radius 3 is 2.78 bits per heavy atom. The highest BCUT2D eigenvalue weighted by Crippen LogP contribution is 2.49. The summed E-state index contributed by atoms with van der Waals surface area (Å²) in [6.45, 7) is 5.67. The summed E-state index contributed by atoms with van der Waals surface area (Å²) in [4.78, 5) is 0.